The molecule has 0 saturated heterocycles. The molecule has 0 N–H and O–H groups in total. The molecule has 0 rings (SSSR count). The quantitative estimate of drug-likeness (QED) is 0.370. The number of alkyl halides is 6. The third-order valence-corrected chi connectivity index (χ3v) is 3.79. The van der Waals surface area contributed by atoms with Gasteiger partial charge in [-0.3, -0.25) is 0 Å². The molecule has 110 valence electrons. The van der Waals surface area contributed by atoms with Gasteiger partial charge in [0.2, 0.25) is 0 Å². The first-order chi connectivity index (χ1) is 8.09. The van der Waals surface area contributed by atoms with Crippen LogP contribution in [-0.4, -0.2) is 37.4 Å². The first kappa shape index (κ1) is 18.0. The van der Waals surface area contributed by atoms with E-state index in [2.05, 4.69) is 4.74 Å². The van der Waals surface area contributed by atoms with Gasteiger partial charge in [0, 0.05) is 0 Å². The molecule has 18 heavy (non-hydrogen) atoms. The molecule has 2 unspecified atom stereocenters. The SMILES string of the molecule is CC(C)CPCCCOC(F)C(F)(F)C(F)(F)F. The van der Waals surface area contributed by atoms with Gasteiger partial charge in [0.25, 0.3) is 6.36 Å². The van der Waals surface area contributed by atoms with Crippen LogP contribution in [-0.2, 0) is 4.74 Å². The average molecular weight is 298 g/mol. The van der Waals surface area contributed by atoms with Crippen LogP contribution >= 0.6 is 8.58 Å². The summed E-state index contributed by atoms with van der Waals surface area (Å²) in [6, 6.07) is 0. The Morgan fingerprint density at radius 3 is 2.11 bits per heavy atom. The van der Waals surface area contributed by atoms with E-state index in [1.54, 1.807) is 0 Å². The van der Waals surface area contributed by atoms with E-state index in [-0.39, 0.29) is 6.42 Å². The first-order valence-corrected chi connectivity index (χ1v) is 6.91. The van der Waals surface area contributed by atoms with E-state index in [1.165, 1.54) is 0 Å². The summed E-state index contributed by atoms with van der Waals surface area (Å²) in [5, 5.41) is 0. The molecule has 1 nitrogen and oxygen atoms in total. The lowest BCUT2D eigenvalue weighted by Crippen LogP contribution is -2.46. The van der Waals surface area contributed by atoms with Gasteiger partial charge in [-0.2, -0.15) is 22.0 Å². The summed E-state index contributed by atoms with van der Waals surface area (Å²) in [5.41, 5.74) is 0. The number of hydrogen-bond acceptors (Lipinski definition) is 1. The zero-order valence-corrected chi connectivity index (χ0v) is 11.2. The van der Waals surface area contributed by atoms with Crippen molar-refractivity contribution in [3.8, 4) is 0 Å². The molecule has 0 fully saturated rings. The molecule has 0 amide bonds. The van der Waals surface area contributed by atoms with Crippen molar-refractivity contribution in [3.63, 3.8) is 0 Å². The van der Waals surface area contributed by atoms with E-state index in [0.29, 0.717) is 20.7 Å². The van der Waals surface area contributed by atoms with E-state index < -0.39 is 25.1 Å². The molecule has 0 aromatic carbocycles. The van der Waals surface area contributed by atoms with Crippen LogP contribution in [0.5, 0.6) is 0 Å². The van der Waals surface area contributed by atoms with Crippen LogP contribution < -0.4 is 0 Å². The van der Waals surface area contributed by atoms with Crippen LogP contribution in [0, 0.1) is 5.92 Å². The maximum absolute atomic E-state index is 12.6. The number of halogens is 6. The second-order valence-electron chi connectivity index (χ2n) is 4.26. The molecular weight excluding hydrogens is 281 g/mol. The minimum absolute atomic E-state index is 0.277. The lowest BCUT2D eigenvalue weighted by atomic mass is 10.3. The summed E-state index contributed by atoms with van der Waals surface area (Å²) in [4.78, 5) is 0. The molecule has 0 radical (unpaired) electrons. The second kappa shape index (κ2) is 7.53. The standard InChI is InChI=1S/C10H17F6OP/c1-7(2)6-18-5-3-4-17-8(11)9(12,13)10(14,15)16/h7-8,18H,3-6H2,1-2H3. The van der Waals surface area contributed by atoms with E-state index in [4.69, 9.17) is 0 Å². The highest BCUT2D eigenvalue weighted by Gasteiger charge is 2.64. The predicted octanol–water partition coefficient (Wildman–Crippen LogP) is 4.22. The Labute approximate surface area is 104 Å². The Balaban J connectivity index is 3.81. The molecule has 2 atom stereocenters. The van der Waals surface area contributed by atoms with Crippen LogP contribution in [0.4, 0.5) is 26.3 Å². The normalized spacial score (nSPS) is 15.8. The Hall–Kier alpha value is -0.0300. The molecule has 0 spiro atoms. The Morgan fingerprint density at radius 2 is 1.67 bits per heavy atom. The van der Waals surface area contributed by atoms with Crippen molar-refractivity contribution in [1.82, 2.24) is 0 Å². The third kappa shape index (κ3) is 6.23. The highest BCUT2D eigenvalue weighted by atomic mass is 31.1. The van der Waals surface area contributed by atoms with Crippen LogP contribution in [0.25, 0.3) is 0 Å². The van der Waals surface area contributed by atoms with Gasteiger partial charge in [0.1, 0.15) is 0 Å². The van der Waals surface area contributed by atoms with Crippen molar-refractivity contribution in [2.24, 2.45) is 5.92 Å². The fourth-order valence-electron chi connectivity index (χ4n) is 1.01. The molecule has 0 bridgehead atoms. The fraction of sp³-hybridized carbons (Fsp3) is 1.00. The average Bonchev–Trinajstić information content (AvgIpc) is 2.20. The van der Waals surface area contributed by atoms with Crippen molar-refractivity contribution in [2.75, 3.05) is 18.9 Å². The van der Waals surface area contributed by atoms with Gasteiger partial charge < -0.3 is 4.74 Å². The van der Waals surface area contributed by atoms with Gasteiger partial charge in [0.15, 0.2) is 0 Å². The molecular formula is C10H17F6OP. The van der Waals surface area contributed by atoms with Gasteiger partial charge in [0.05, 0.1) is 6.61 Å². The molecule has 0 saturated carbocycles. The largest absolute Gasteiger partial charge is 0.459 e. The lowest BCUT2D eigenvalue weighted by Gasteiger charge is -2.22. The first-order valence-electron chi connectivity index (χ1n) is 5.50. The van der Waals surface area contributed by atoms with Crippen LogP contribution in [0.3, 0.4) is 0 Å². The van der Waals surface area contributed by atoms with Crippen molar-refractivity contribution in [2.45, 2.75) is 38.7 Å². The molecule has 0 heterocycles. The minimum atomic E-state index is -5.92. The van der Waals surface area contributed by atoms with Crippen LogP contribution in [0.2, 0.25) is 0 Å². The number of ether oxygens (including phenoxy) is 1. The summed E-state index contributed by atoms with van der Waals surface area (Å²) >= 11 is 0. The number of rotatable bonds is 8. The Bertz CT molecular complexity index is 231. The molecule has 8 heteroatoms. The lowest BCUT2D eigenvalue weighted by molar-refractivity contribution is -0.340. The molecule has 0 aromatic rings. The zero-order valence-electron chi connectivity index (χ0n) is 10.2. The van der Waals surface area contributed by atoms with Gasteiger partial charge in [-0.05, 0) is 24.7 Å². The number of hydrogen-bond donors (Lipinski definition) is 0. The van der Waals surface area contributed by atoms with Gasteiger partial charge in [-0.25, -0.2) is 4.39 Å². The van der Waals surface area contributed by atoms with Crippen molar-refractivity contribution < 1.29 is 31.1 Å². The molecule has 0 aromatic heterocycles. The van der Waals surface area contributed by atoms with Crippen molar-refractivity contribution in [3.05, 3.63) is 0 Å². The van der Waals surface area contributed by atoms with Gasteiger partial charge in [-0.1, -0.05) is 13.8 Å². The topological polar surface area (TPSA) is 9.23 Å². The molecule has 0 aliphatic rings. The summed E-state index contributed by atoms with van der Waals surface area (Å²) in [6.45, 7) is 3.61. The predicted molar refractivity (Wildman–Crippen MR) is 59.4 cm³/mol. The maximum atomic E-state index is 12.6. The second-order valence-corrected chi connectivity index (χ2v) is 5.67. The van der Waals surface area contributed by atoms with Crippen molar-refractivity contribution in [1.29, 1.82) is 0 Å². The highest BCUT2D eigenvalue weighted by Crippen LogP contribution is 2.39. The highest BCUT2D eigenvalue weighted by molar-refractivity contribution is 7.37. The van der Waals surface area contributed by atoms with E-state index in [1.807, 2.05) is 13.8 Å². The van der Waals surface area contributed by atoms with Crippen molar-refractivity contribution >= 4 is 8.58 Å². The summed E-state index contributed by atoms with van der Waals surface area (Å²) in [5.74, 6) is -4.94. The minimum Gasteiger partial charge on any atom is -0.343 e. The summed E-state index contributed by atoms with van der Waals surface area (Å²) in [6.07, 6.45) is -7.68. The van der Waals surface area contributed by atoms with E-state index >= 15 is 0 Å². The fourth-order valence-corrected chi connectivity index (χ4v) is 2.18. The monoisotopic (exact) mass is 298 g/mol. The zero-order chi connectivity index (χ0) is 14.4. The van der Waals surface area contributed by atoms with Crippen LogP contribution in [0.15, 0.2) is 0 Å². The van der Waals surface area contributed by atoms with Gasteiger partial charge in [-0.15, -0.1) is 8.58 Å². The van der Waals surface area contributed by atoms with E-state index in [9.17, 15) is 26.3 Å². The molecule has 0 aliphatic heterocycles. The third-order valence-electron chi connectivity index (χ3n) is 1.98. The smallest absolute Gasteiger partial charge is 0.343 e. The molecule has 0 aliphatic carbocycles. The van der Waals surface area contributed by atoms with Crippen LogP contribution in [0.1, 0.15) is 20.3 Å². The summed E-state index contributed by atoms with van der Waals surface area (Å²) in [7, 11) is 0.580. The van der Waals surface area contributed by atoms with E-state index in [0.717, 1.165) is 6.16 Å². The maximum Gasteiger partial charge on any atom is 0.459 e. The summed E-state index contributed by atoms with van der Waals surface area (Å²) < 4.78 is 76.5. The Kier molecular flexibility index (Phi) is 7.52. The van der Waals surface area contributed by atoms with Gasteiger partial charge >= 0.3 is 12.1 Å². The Morgan fingerprint density at radius 1 is 1.11 bits per heavy atom.